The van der Waals surface area contributed by atoms with E-state index in [0.29, 0.717) is 29.1 Å². The van der Waals surface area contributed by atoms with Crippen LogP contribution in [0.15, 0.2) is 54.6 Å². The van der Waals surface area contributed by atoms with Crippen molar-refractivity contribution >= 4 is 29.4 Å². The van der Waals surface area contributed by atoms with Crippen LogP contribution in [0.3, 0.4) is 0 Å². The monoisotopic (exact) mass is 381 g/mol. The van der Waals surface area contributed by atoms with Crippen molar-refractivity contribution in [1.29, 1.82) is 0 Å². The van der Waals surface area contributed by atoms with E-state index in [1.807, 2.05) is 25.1 Å². The highest BCUT2D eigenvalue weighted by Crippen LogP contribution is 2.47. The van der Waals surface area contributed by atoms with Crippen LogP contribution >= 0.6 is 11.8 Å². The fraction of sp³-hybridized carbons (Fsp3) is 0.286. The molecule has 0 aliphatic carbocycles. The first-order chi connectivity index (χ1) is 13.0. The number of amides is 1. The summed E-state index contributed by atoms with van der Waals surface area (Å²) in [5.41, 5.74) is 1.14. The molecule has 6 heteroatoms. The van der Waals surface area contributed by atoms with Gasteiger partial charge in [0.05, 0.1) is 4.87 Å². The maximum absolute atomic E-state index is 12.6. The summed E-state index contributed by atoms with van der Waals surface area (Å²) >= 11 is 1.63. The highest BCUT2D eigenvalue weighted by Gasteiger charge is 2.53. The topological polar surface area (TPSA) is 63.7 Å². The van der Waals surface area contributed by atoms with Gasteiger partial charge in [-0.05, 0) is 37.6 Å². The number of fused-ring (bicyclic) bond motifs is 1. The molecule has 2 aromatic rings. The average Bonchev–Trinajstić information content (AvgIpc) is 3.18. The van der Waals surface area contributed by atoms with Gasteiger partial charge in [0, 0.05) is 23.3 Å². The molecule has 0 saturated carbocycles. The first kappa shape index (κ1) is 17.8. The van der Waals surface area contributed by atoms with Crippen molar-refractivity contribution in [2.75, 3.05) is 5.75 Å². The molecule has 0 radical (unpaired) electrons. The zero-order valence-corrected chi connectivity index (χ0v) is 15.7. The van der Waals surface area contributed by atoms with E-state index in [1.165, 1.54) is 0 Å². The fourth-order valence-electron chi connectivity index (χ4n) is 3.61. The van der Waals surface area contributed by atoms with Gasteiger partial charge in [-0.3, -0.25) is 9.59 Å². The molecule has 0 spiro atoms. The number of esters is 1. The van der Waals surface area contributed by atoms with Gasteiger partial charge in [-0.25, -0.2) is 4.79 Å². The van der Waals surface area contributed by atoms with E-state index in [9.17, 15) is 14.4 Å². The summed E-state index contributed by atoms with van der Waals surface area (Å²) in [6.45, 7) is 2.00. The van der Waals surface area contributed by atoms with Gasteiger partial charge in [-0.1, -0.05) is 30.3 Å². The van der Waals surface area contributed by atoms with E-state index < -0.39 is 12.0 Å². The van der Waals surface area contributed by atoms with Gasteiger partial charge in [-0.2, -0.15) is 0 Å². The van der Waals surface area contributed by atoms with Gasteiger partial charge in [0.2, 0.25) is 5.91 Å². The Labute approximate surface area is 161 Å². The van der Waals surface area contributed by atoms with Crippen molar-refractivity contribution in [1.82, 2.24) is 4.90 Å². The van der Waals surface area contributed by atoms with Crippen molar-refractivity contribution in [3.63, 3.8) is 0 Å². The molecule has 2 aliphatic rings. The Morgan fingerprint density at radius 1 is 1.07 bits per heavy atom. The van der Waals surface area contributed by atoms with Gasteiger partial charge in [-0.15, -0.1) is 11.8 Å². The largest absolute Gasteiger partial charge is 0.425 e. The Bertz CT molecular complexity index is 896. The molecular weight excluding hydrogens is 362 g/mol. The van der Waals surface area contributed by atoms with E-state index in [4.69, 9.17) is 4.74 Å². The van der Waals surface area contributed by atoms with Crippen molar-refractivity contribution in [2.24, 2.45) is 0 Å². The van der Waals surface area contributed by atoms with Gasteiger partial charge in [0.15, 0.2) is 5.78 Å². The molecule has 5 nitrogen and oxygen atoms in total. The molecule has 27 heavy (non-hydrogen) atoms. The minimum absolute atomic E-state index is 0.00764. The summed E-state index contributed by atoms with van der Waals surface area (Å²) in [4.78, 5) is 38.5. The van der Waals surface area contributed by atoms with Crippen LogP contribution in [0.25, 0.3) is 0 Å². The highest BCUT2D eigenvalue weighted by molar-refractivity contribution is 8.01. The summed E-state index contributed by atoms with van der Waals surface area (Å²) in [5, 5.41) is 0. The lowest BCUT2D eigenvalue weighted by molar-refractivity contribution is -0.146. The zero-order valence-electron chi connectivity index (χ0n) is 14.9. The number of ketones is 1. The lowest BCUT2D eigenvalue weighted by Crippen LogP contribution is -2.47. The second-order valence-electron chi connectivity index (χ2n) is 6.91. The zero-order chi connectivity index (χ0) is 19.0. The van der Waals surface area contributed by atoms with E-state index in [-0.39, 0.29) is 16.6 Å². The molecule has 2 heterocycles. The third-order valence-corrected chi connectivity index (χ3v) is 6.59. The third kappa shape index (κ3) is 3.25. The number of ether oxygens (including phenoxy) is 1. The lowest BCUT2D eigenvalue weighted by atomic mass is 10.0. The summed E-state index contributed by atoms with van der Waals surface area (Å²) in [6, 6.07) is 15.0. The maximum Gasteiger partial charge on any atom is 0.335 e. The summed E-state index contributed by atoms with van der Waals surface area (Å²) in [5.74, 6) is 0.414. The van der Waals surface area contributed by atoms with Crippen molar-refractivity contribution < 1.29 is 19.1 Å². The number of rotatable bonds is 4. The van der Waals surface area contributed by atoms with Crippen LogP contribution in [0.1, 0.15) is 35.7 Å². The van der Waals surface area contributed by atoms with Crippen LogP contribution in [-0.4, -0.2) is 39.2 Å². The third-order valence-electron chi connectivity index (χ3n) is 5.09. The van der Waals surface area contributed by atoms with Crippen LogP contribution in [0.5, 0.6) is 5.75 Å². The van der Waals surface area contributed by atoms with E-state index in [2.05, 4.69) is 0 Å². The number of nitrogens with zero attached hydrogens (tertiary/aromatic N) is 1. The SMILES string of the molecule is C[C@]12CCC(=O)N1[C@H](C(=O)Oc1ccc(C(=O)c3ccccc3)cc1)CS2. The summed E-state index contributed by atoms with van der Waals surface area (Å²) in [6.07, 6.45) is 1.24. The van der Waals surface area contributed by atoms with Gasteiger partial charge < -0.3 is 9.64 Å². The number of hydrogen-bond donors (Lipinski definition) is 0. The maximum atomic E-state index is 12.6. The molecule has 0 aromatic heterocycles. The van der Waals surface area contributed by atoms with Crippen LogP contribution < -0.4 is 4.74 Å². The average molecular weight is 381 g/mol. The second-order valence-corrected chi connectivity index (χ2v) is 8.41. The lowest BCUT2D eigenvalue weighted by Gasteiger charge is -2.29. The molecular formula is C21H19NO4S. The molecule has 0 unspecified atom stereocenters. The molecule has 0 bridgehead atoms. The molecule has 138 valence electrons. The van der Waals surface area contributed by atoms with Crippen molar-refractivity contribution in [3.8, 4) is 5.75 Å². The summed E-state index contributed by atoms with van der Waals surface area (Å²) in [7, 11) is 0. The Morgan fingerprint density at radius 3 is 2.44 bits per heavy atom. The normalized spacial score (nSPS) is 24.0. The van der Waals surface area contributed by atoms with Crippen LogP contribution in [0.2, 0.25) is 0 Å². The van der Waals surface area contributed by atoms with Gasteiger partial charge >= 0.3 is 5.97 Å². The van der Waals surface area contributed by atoms with Crippen LogP contribution in [-0.2, 0) is 9.59 Å². The number of hydrogen-bond acceptors (Lipinski definition) is 5. The molecule has 4 rings (SSSR count). The molecule has 2 aliphatic heterocycles. The molecule has 2 aromatic carbocycles. The first-order valence-electron chi connectivity index (χ1n) is 8.85. The van der Waals surface area contributed by atoms with E-state index in [1.54, 1.807) is 53.1 Å². The number of thioether (sulfide) groups is 1. The standard InChI is InChI=1S/C21H19NO4S/c1-21-12-11-18(23)22(21)17(13-27-21)20(25)26-16-9-7-15(8-10-16)19(24)14-5-3-2-4-6-14/h2-10,17H,11-13H2,1H3/t17-,21-/m0/s1. The molecule has 1 amide bonds. The number of carbonyl (C=O) groups excluding carboxylic acids is 3. The quantitative estimate of drug-likeness (QED) is 0.462. The van der Waals surface area contributed by atoms with Gasteiger partial charge in [0.25, 0.3) is 0 Å². The van der Waals surface area contributed by atoms with Crippen molar-refractivity contribution in [2.45, 2.75) is 30.7 Å². The smallest absolute Gasteiger partial charge is 0.335 e. The molecule has 2 saturated heterocycles. The predicted octanol–water partition coefficient (Wildman–Crippen LogP) is 3.28. The highest BCUT2D eigenvalue weighted by atomic mass is 32.2. The van der Waals surface area contributed by atoms with Crippen LogP contribution in [0, 0.1) is 0 Å². The van der Waals surface area contributed by atoms with Crippen molar-refractivity contribution in [3.05, 3.63) is 65.7 Å². The number of carbonyl (C=O) groups is 3. The number of benzene rings is 2. The Hall–Kier alpha value is -2.60. The minimum Gasteiger partial charge on any atom is -0.425 e. The van der Waals surface area contributed by atoms with Crippen LogP contribution in [0.4, 0.5) is 0 Å². The minimum atomic E-state index is -0.555. The second kappa shape index (κ2) is 6.85. The van der Waals surface area contributed by atoms with Gasteiger partial charge in [0.1, 0.15) is 11.8 Å². The Balaban J connectivity index is 1.45. The summed E-state index contributed by atoms with van der Waals surface area (Å²) < 4.78 is 5.48. The Kier molecular flexibility index (Phi) is 4.52. The fourth-order valence-corrected chi connectivity index (χ4v) is 5.03. The molecule has 2 fully saturated rings. The molecule has 0 N–H and O–H groups in total. The molecule has 2 atom stereocenters. The Morgan fingerprint density at radius 2 is 1.74 bits per heavy atom. The van der Waals surface area contributed by atoms with E-state index >= 15 is 0 Å². The first-order valence-corrected chi connectivity index (χ1v) is 9.84. The van der Waals surface area contributed by atoms with E-state index in [0.717, 1.165) is 6.42 Å². The predicted molar refractivity (Wildman–Crippen MR) is 103 cm³/mol.